The van der Waals surface area contributed by atoms with Gasteiger partial charge in [-0.3, -0.25) is 4.79 Å². The van der Waals surface area contributed by atoms with Crippen molar-refractivity contribution in [3.8, 4) is 5.69 Å². The van der Waals surface area contributed by atoms with Crippen LogP contribution in [0, 0.1) is 0 Å². The molecule has 0 spiro atoms. The minimum atomic E-state index is -0.0962. The van der Waals surface area contributed by atoms with E-state index in [1.54, 1.807) is 29.5 Å². The quantitative estimate of drug-likeness (QED) is 0.803. The largest absolute Gasteiger partial charge is 0.324 e. The molecule has 1 aromatic carbocycles. The molecular formula is C14H11ClN4OS. The summed E-state index contributed by atoms with van der Waals surface area (Å²) in [5.74, 6) is -0.0962. The standard InChI is InChI=1S/C14H11ClN4OS/c15-11-4-1-5-12(14(11)19-9-16-8-17-19)18-13(20)7-10-3-2-6-21-10/h1-6,8-9H,7H2,(H,18,20). The number of para-hydroxylation sites is 1. The van der Waals surface area contributed by atoms with Gasteiger partial charge in [-0.15, -0.1) is 11.3 Å². The maximum absolute atomic E-state index is 12.1. The summed E-state index contributed by atoms with van der Waals surface area (Å²) in [6.07, 6.45) is 3.29. The maximum Gasteiger partial charge on any atom is 0.229 e. The number of nitrogens with zero attached hydrogens (tertiary/aromatic N) is 3. The van der Waals surface area contributed by atoms with Crippen molar-refractivity contribution in [3.63, 3.8) is 0 Å². The van der Waals surface area contributed by atoms with Crippen molar-refractivity contribution in [3.05, 3.63) is 58.3 Å². The first kappa shape index (κ1) is 13.8. The lowest BCUT2D eigenvalue weighted by atomic mass is 10.2. The molecule has 2 heterocycles. The molecule has 0 saturated heterocycles. The molecule has 1 amide bonds. The number of benzene rings is 1. The zero-order chi connectivity index (χ0) is 14.7. The summed E-state index contributed by atoms with van der Waals surface area (Å²) in [5, 5.41) is 9.38. The Kier molecular flexibility index (Phi) is 3.98. The van der Waals surface area contributed by atoms with E-state index in [9.17, 15) is 4.79 Å². The monoisotopic (exact) mass is 318 g/mol. The molecule has 21 heavy (non-hydrogen) atoms. The van der Waals surface area contributed by atoms with Gasteiger partial charge in [-0.2, -0.15) is 5.10 Å². The van der Waals surface area contributed by atoms with Gasteiger partial charge in [0.2, 0.25) is 5.91 Å². The van der Waals surface area contributed by atoms with Crippen molar-refractivity contribution in [2.75, 3.05) is 5.32 Å². The zero-order valence-corrected chi connectivity index (χ0v) is 12.4. The van der Waals surface area contributed by atoms with E-state index in [0.29, 0.717) is 22.8 Å². The van der Waals surface area contributed by atoms with Crippen LogP contribution in [0.1, 0.15) is 4.88 Å². The maximum atomic E-state index is 12.1. The molecule has 0 bridgehead atoms. The van der Waals surface area contributed by atoms with Crippen LogP contribution >= 0.6 is 22.9 Å². The number of hydrogen-bond acceptors (Lipinski definition) is 4. The van der Waals surface area contributed by atoms with E-state index in [4.69, 9.17) is 11.6 Å². The number of nitrogens with one attached hydrogen (secondary N) is 1. The van der Waals surface area contributed by atoms with Crippen LogP contribution in [0.15, 0.2) is 48.4 Å². The van der Waals surface area contributed by atoms with E-state index >= 15 is 0 Å². The first-order valence-electron chi connectivity index (χ1n) is 6.20. The molecule has 0 unspecified atom stereocenters. The van der Waals surface area contributed by atoms with Gasteiger partial charge in [0.05, 0.1) is 17.1 Å². The van der Waals surface area contributed by atoms with Gasteiger partial charge in [-0.05, 0) is 23.6 Å². The Hall–Kier alpha value is -2.18. The first-order chi connectivity index (χ1) is 10.2. The summed E-state index contributed by atoms with van der Waals surface area (Å²) < 4.78 is 1.53. The number of carbonyl (C=O) groups excluding carboxylic acids is 1. The molecule has 0 atom stereocenters. The van der Waals surface area contributed by atoms with Crippen molar-refractivity contribution in [1.29, 1.82) is 0 Å². The van der Waals surface area contributed by atoms with Gasteiger partial charge in [0.25, 0.3) is 0 Å². The Bertz CT molecular complexity index is 740. The Labute approximate surface area is 130 Å². The fourth-order valence-corrected chi connectivity index (χ4v) is 2.90. The lowest BCUT2D eigenvalue weighted by Gasteiger charge is -2.12. The predicted octanol–water partition coefficient (Wildman–Crippen LogP) is 3.16. The van der Waals surface area contributed by atoms with Gasteiger partial charge in [-0.1, -0.05) is 23.7 Å². The summed E-state index contributed by atoms with van der Waals surface area (Å²) in [7, 11) is 0. The molecule has 2 aromatic heterocycles. The van der Waals surface area contributed by atoms with E-state index in [2.05, 4.69) is 15.4 Å². The molecule has 106 valence electrons. The molecule has 0 aliphatic carbocycles. The van der Waals surface area contributed by atoms with E-state index < -0.39 is 0 Å². The second-order valence-electron chi connectivity index (χ2n) is 4.28. The topological polar surface area (TPSA) is 59.8 Å². The Morgan fingerprint density at radius 1 is 1.33 bits per heavy atom. The highest BCUT2D eigenvalue weighted by molar-refractivity contribution is 7.10. The van der Waals surface area contributed by atoms with Crippen LogP contribution in [-0.4, -0.2) is 20.7 Å². The summed E-state index contributed by atoms with van der Waals surface area (Å²) in [5.41, 5.74) is 1.21. The normalized spacial score (nSPS) is 10.5. The van der Waals surface area contributed by atoms with E-state index in [0.717, 1.165) is 4.88 Å². The van der Waals surface area contributed by atoms with Crippen LogP contribution < -0.4 is 5.32 Å². The van der Waals surface area contributed by atoms with Gasteiger partial charge < -0.3 is 5.32 Å². The molecule has 3 rings (SSSR count). The van der Waals surface area contributed by atoms with E-state index in [-0.39, 0.29) is 5.91 Å². The second kappa shape index (κ2) is 6.07. The van der Waals surface area contributed by atoms with Gasteiger partial charge >= 0.3 is 0 Å². The van der Waals surface area contributed by atoms with Crippen LogP contribution in [0.4, 0.5) is 5.69 Å². The third-order valence-corrected chi connectivity index (χ3v) is 4.00. The molecule has 1 N–H and O–H groups in total. The molecule has 5 nitrogen and oxygen atoms in total. The molecule has 0 radical (unpaired) electrons. The van der Waals surface area contributed by atoms with E-state index in [1.165, 1.54) is 17.3 Å². The number of carbonyl (C=O) groups is 1. The Morgan fingerprint density at radius 2 is 2.24 bits per heavy atom. The fourth-order valence-electron chi connectivity index (χ4n) is 1.94. The average Bonchev–Trinajstić information content (AvgIpc) is 3.11. The van der Waals surface area contributed by atoms with Crippen molar-refractivity contribution < 1.29 is 4.79 Å². The Balaban J connectivity index is 1.85. The van der Waals surface area contributed by atoms with Gasteiger partial charge in [0, 0.05) is 4.88 Å². The second-order valence-corrected chi connectivity index (χ2v) is 5.72. The smallest absolute Gasteiger partial charge is 0.229 e. The van der Waals surface area contributed by atoms with Crippen LogP contribution in [-0.2, 0) is 11.2 Å². The highest BCUT2D eigenvalue weighted by Gasteiger charge is 2.13. The summed E-state index contributed by atoms with van der Waals surface area (Å²) in [4.78, 5) is 17.0. The molecule has 0 aliphatic heterocycles. The third kappa shape index (κ3) is 3.12. The molecule has 0 saturated carbocycles. The average molecular weight is 319 g/mol. The molecular weight excluding hydrogens is 308 g/mol. The number of amides is 1. The van der Waals surface area contributed by atoms with Crippen LogP contribution in [0.2, 0.25) is 5.02 Å². The van der Waals surface area contributed by atoms with Gasteiger partial charge in [0.15, 0.2) is 0 Å². The van der Waals surface area contributed by atoms with Crippen LogP contribution in [0.25, 0.3) is 5.69 Å². The lowest BCUT2D eigenvalue weighted by molar-refractivity contribution is -0.115. The van der Waals surface area contributed by atoms with Crippen molar-refractivity contribution in [1.82, 2.24) is 14.8 Å². The molecule has 0 fully saturated rings. The summed E-state index contributed by atoms with van der Waals surface area (Å²) in [6.45, 7) is 0. The number of aromatic nitrogens is 3. The van der Waals surface area contributed by atoms with E-state index in [1.807, 2.05) is 17.5 Å². The first-order valence-corrected chi connectivity index (χ1v) is 7.45. The number of hydrogen-bond donors (Lipinski definition) is 1. The zero-order valence-electron chi connectivity index (χ0n) is 10.9. The van der Waals surface area contributed by atoms with Gasteiger partial charge in [-0.25, -0.2) is 9.67 Å². The molecule has 0 aliphatic rings. The van der Waals surface area contributed by atoms with Crippen LogP contribution in [0.5, 0.6) is 0 Å². The van der Waals surface area contributed by atoms with Crippen molar-refractivity contribution in [2.45, 2.75) is 6.42 Å². The highest BCUT2D eigenvalue weighted by atomic mass is 35.5. The minimum Gasteiger partial charge on any atom is -0.324 e. The molecule has 7 heteroatoms. The number of halogens is 1. The minimum absolute atomic E-state index is 0.0962. The third-order valence-electron chi connectivity index (χ3n) is 2.82. The highest BCUT2D eigenvalue weighted by Crippen LogP contribution is 2.27. The van der Waals surface area contributed by atoms with Crippen molar-refractivity contribution >= 4 is 34.5 Å². The lowest BCUT2D eigenvalue weighted by Crippen LogP contribution is -2.15. The Morgan fingerprint density at radius 3 is 2.95 bits per heavy atom. The number of rotatable bonds is 4. The van der Waals surface area contributed by atoms with Crippen molar-refractivity contribution in [2.24, 2.45) is 0 Å². The van der Waals surface area contributed by atoms with Gasteiger partial charge in [0.1, 0.15) is 18.3 Å². The predicted molar refractivity (Wildman–Crippen MR) is 83.0 cm³/mol. The number of thiophene rings is 1. The number of anilines is 1. The summed E-state index contributed by atoms with van der Waals surface area (Å²) in [6, 6.07) is 9.17. The summed E-state index contributed by atoms with van der Waals surface area (Å²) >= 11 is 7.76. The fraction of sp³-hybridized carbons (Fsp3) is 0.0714. The molecule has 3 aromatic rings. The van der Waals surface area contributed by atoms with Crippen LogP contribution in [0.3, 0.4) is 0 Å². The SMILES string of the molecule is O=C(Cc1cccs1)Nc1cccc(Cl)c1-n1cncn1.